The normalized spacial score (nSPS) is 11.5. The van der Waals surface area contributed by atoms with E-state index >= 15 is 0 Å². The molecule has 24 heavy (non-hydrogen) atoms. The Morgan fingerprint density at radius 3 is 2.67 bits per heavy atom. The second-order valence-electron chi connectivity index (χ2n) is 4.92. The van der Waals surface area contributed by atoms with Crippen LogP contribution in [-0.4, -0.2) is 23.9 Å². The number of thiol groups is 1. The van der Waals surface area contributed by atoms with Gasteiger partial charge in [-0.2, -0.15) is 0 Å². The van der Waals surface area contributed by atoms with Crippen molar-refractivity contribution in [1.29, 1.82) is 0 Å². The molecule has 4 nitrogen and oxygen atoms in total. The molecule has 2 aromatic carbocycles. The number of esters is 1. The molecule has 5 heteroatoms. The fraction of sp³-hybridized carbons (Fsp3) is 0.158. The van der Waals surface area contributed by atoms with Gasteiger partial charge in [-0.1, -0.05) is 48.5 Å². The number of carbonyl (C=O) groups is 2. The van der Waals surface area contributed by atoms with Crippen LogP contribution in [0.4, 0.5) is 0 Å². The summed E-state index contributed by atoms with van der Waals surface area (Å²) in [5.41, 5.74) is 1.65. The van der Waals surface area contributed by atoms with Crippen molar-refractivity contribution in [3.05, 3.63) is 77.9 Å². The van der Waals surface area contributed by atoms with Crippen molar-refractivity contribution in [2.45, 2.75) is 12.5 Å². The van der Waals surface area contributed by atoms with E-state index in [4.69, 9.17) is 4.74 Å². The minimum Gasteiger partial charge on any atom is -0.453 e. The van der Waals surface area contributed by atoms with Crippen molar-refractivity contribution >= 4 is 30.6 Å². The quantitative estimate of drug-likeness (QED) is 0.353. The molecular weight excluding hydrogens is 322 g/mol. The molecule has 0 fully saturated rings. The van der Waals surface area contributed by atoms with Gasteiger partial charge in [0, 0.05) is 18.1 Å². The van der Waals surface area contributed by atoms with Crippen LogP contribution in [-0.2, 0) is 20.7 Å². The minimum absolute atomic E-state index is 0.0459. The highest BCUT2D eigenvalue weighted by molar-refractivity contribution is 7.80. The van der Waals surface area contributed by atoms with Crippen molar-refractivity contribution in [1.82, 2.24) is 5.32 Å². The molecule has 0 heterocycles. The number of hydrogen-bond donors (Lipinski definition) is 2. The van der Waals surface area contributed by atoms with Crippen molar-refractivity contribution < 1.29 is 14.3 Å². The molecule has 1 unspecified atom stereocenters. The van der Waals surface area contributed by atoms with Crippen LogP contribution in [0.15, 0.2) is 54.6 Å². The molecule has 0 saturated carbocycles. The molecule has 0 aliphatic carbocycles. The topological polar surface area (TPSA) is 55.4 Å². The maximum absolute atomic E-state index is 12.1. The lowest BCUT2D eigenvalue weighted by molar-refractivity contribution is -0.145. The van der Waals surface area contributed by atoms with Gasteiger partial charge in [0.1, 0.15) is 12.0 Å². The van der Waals surface area contributed by atoms with E-state index in [-0.39, 0.29) is 18.3 Å². The van der Waals surface area contributed by atoms with E-state index in [1.165, 1.54) is 6.08 Å². The predicted molar refractivity (Wildman–Crippen MR) is 95.2 cm³/mol. The lowest BCUT2D eigenvalue weighted by atomic mass is 10.1. The number of carbonyl (C=O) groups excluding carboxylic acids is 2. The molecule has 1 N–H and O–H groups in total. The highest BCUT2D eigenvalue weighted by Gasteiger charge is 2.21. The van der Waals surface area contributed by atoms with E-state index in [1.807, 2.05) is 36.4 Å². The summed E-state index contributed by atoms with van der Waals surface area (Å²) in [6.45, 7) is 0. The monoisotopic (exact) mass is 339 g/mol. The van der Waals surface area contributed by atoms with Crippen LogP contribution in [0.1, 0.15) is 11.1 Å². The molecule has 1 amide bonds. The largest absolute Gasteiger partial charge is 0.453 e. The first-order valence-electron chi connectivity index (χ1n) is 7.37. The maximum atomic E-state index is 12.1. The Balaban J connectivity index is 2.02. The molecular formula is C19H17NO3S. The van der Waals surface area contributed by atoms with Crippen molar-refractivity contribution in [2.75, 3.05) is 5.94 Å². The Labute approximate surface area is 146 Å². The fourth-order valence-corrected chi connectivity index (χ4v) is 2.17. The zero-order valence-electron chi connectivity index (χ0n) is 12.9. The summed E-state index contributed by atoms with van der Waals surface area (Å²) >= 11 is 3.88. The zero-order chi connectivity index (χ0) is 17.2. The number of ether oxygens (including phenoxy) is 1. The Hall–Kier alpha value is -2.71. The summed E-state index contributed by atoms with van der Waals surface area (Å²) in [7, 11) is 0. The lowest BCUT2D eigenvalue weighted by Crippen LogP contribution is -2.42. The first-order chi connectivity index (χ1) is 11.7. The summed E-state index contributed by atoms with van der Waals surface area (Å²) < 4.78 is 4.90. The lowest BCUT2D eigenvalue weighted by Gasteiger charge is -2.15. The highest BCUT2D eigenvalue weighted by Crippen LogP contribution is 2.04. The van der Waals surface area contributed by atoms with E-state index < -0.39 is 12.0 Å². The molecule has 0 aliphatic heterocycles. The van der Waals surface area contributed by atoms with Gasteiger partial charge in [0.2, 0.25) is 5.91 Å². The first-order valence-corrected chi connectivity index (χ1v) is 8.00. The number of hydrogen-bond acceptors (Lipinski definition) is 4. The molecule has 0 spiro atoms. The van der Waals surface area contributed by atoms with Gasteiger partial charge in [0.25, 0.3) is 0 Å². The van der Waals surface area contributed by atoms with Crippen molar-refractivity contribution in [3.63, 3.8) is 0 Å². The Morgan fingerprint density at radius 1 is 1.21 bits per heavy atom. The van der Waals surface area contributed by atoms with Gasteiger partial charge in [-0.3, -0.25) is 4.79 Å². The van der Waals surface area contributed by atoms with Gasteiger partial charge in [0.15, 0.2) is 0 Å². The van der Waals surface area contributed by atoms with Crippen LogP contribution in [0.5, 0.6) is 0 Å². The van der Waals surface area contributed by atoms with Gasteiger partial charge >= 0.3 is 5.97 Å². The number of benzene rings is 1. The summed E-state index contributed by atoms with van der Waals surface area (Å²) in [5.74, 6) is -0.959. The number of nitrogens with one attached hydrogen (secondary N) is 1. The second-order valence-corrected chi connectivity index (χ2v) is 5.18. The Bertz CT molecular complexity index is 686. The van der Waals surface area contributed by atoms with E-state index in [2.05, 4.69) is 30.1 Å². The minimum atomic E-state index is -0.808. The zero-order valence-corrected chi connectivity index (χ0v) is 13.8. The summed E-state index contributed by atoms with van der Waals surface area (Å²) in [6.07, 6.45) is 3.34. The summed E-state index contributed by atoms with van der Waals surface area (Å²) in [4.78, 5) is 24.1. The summed E-state index contributed by atoms with van der Waals surface area (Å²) in [6, 6.07) is 19.7. The molecule has 2 rings (SSSR count). The smallest absolute Gasteiger partial charge is 0.329 e. The van der Waals surface area contributed by atoms with Gasteiger partial charge in [-0.15, -0.1) is 12.6 Å². The van der Waals surface area contributed by atoms with Crippen LogP contribution in [0, 0.1) is 12.1 Å². The van der Waals surface area contributed by atoms with Crippen molar-refractivity contribution in [3.8, 4) is 0 Å². The molecule has 0 aliphatic rings. The highest BCUT2D eigenvalue weighted by atomic mass is 32.1. The number of amides is 1. The SMILES string of the molecule is O=C(/C=C/c1ccccc1)NC(Cc1c#cccc1)C(=O)OCS. The predicted octanol–water partition coefficient (Wildman–Crippen LogP) is 2.46. The second kappa shape index (κ2) is 9.43. The Morgan fingerprint density at radius 2 is 2.00 bits per heavy atom. The summed E-state index contributed by atoms with van der Waals surface area (Å²) in [5, 5.41) is 2.65. The molecule has 1 atom stereocenters. The van der Waals surface area contributed by atoms with Gasteiger partial charge in [0.05, 0.1) is 0 Å². The van der Waals surface area contributed by atoms with Crippen LogP contribution < -0.4 is 5.32 Å². The third-order valence-electron chi connectivity index (χ3n) is 3.17. The van der Waals surface area contributed by atoms with Gasteiger partial charge in [-0.25, -0.2) is 4.79 Å². The fourth-order valence-electron chi connectivity index (χ4n) is 2.04. The van der Waals surface area contributed by atoms with Crippen LogP contribution in [0.3, 0.4) is 0 Å². The van der Waals surface area contributed by atoms with E-state index in [9.17, 15) is 9.59 Å². The third kappa shape index (κ3) is 5.82. The van der Waals surface area contributed by atoms with Crippen molar-refractivity contribution in [2.24, 2.45) is 0 Å². The number of rotatable bonds is 7. The maximum Gasteiger partial charge on any atom is 0.329 e. The molecule has 0 aromatic heterocycles. The first kappa shape index (κ1) is 17.6. The molecule has 0 radical (unpaired) electrons. The Kier molecular flexibility index (Phi) is 6.93. The average molecular weight is 339 g/mol. The van der Waals surface area contributed by atoms with Crippen LogP contribution in [0.25, 0.3) is 6.08 Å². The third-order valence-corrected chi connectivity index (χ3v) is 3.30. The molecule has 0 bridgehead atoms. The van der Waals surface area contributed by atoms with Gasteiger partial charge in [-0.05, 0) is 23.8 Å². The van der Waals surface area contributed by atoms with E-state index in [1.54, 1.807) is 18.2 Å². The molecule has 122 valence electrons. The molecule has 0 saturated heterocycles. The standard InChI is InChI=1S/C19H17NO3S/c21-18(12-11-15-7-3-1-4-8-15)20-17(19(22)23-14-24)13-16-9-5-2-6-10-16/h1-5,7-9,11-12,17,24H,13-14H2,(H,20,21)/b12-11+. The van der Waals surface area contributed by atoms with E-state index in [0.717, 1.165) is 11.1 Å². The van der Waals surface area contributed by atoms with E-state index in [0.29, 0.717) is 0 Å². The molecule has 2 aromatic rings. The van der Waals surface area contributed by atoms with Gasteiger partial charge < -0.3 is 10.1 Å². The average Bonchev–Trinajstić information content (AvgIpc) is 2.61. The van der Waals surface area contributed by atoms with Crippen LogP contribution in [0.2, 0.25) is 0 Å². The van der Waals surface area contributed by atoms with Crippen LogP contribution >= 0.6 is 12.6 Å².